The third-order valence-corrected chi connectivity index (χ3v) is 8.13. The number of nitrogens with zero attached hydrogens (tertiary/aromatic N) is 3. The molecule has 0 amide bonds. The summed E-state index contributed by atoms with van der Waals surface area (Å²) in [4.78, 5) is 3.62. The van der Waals surface area contributed by atoms with Gasteiger partial charge in [0.15, 0.2) is 0 Å². The zero-order chi connectivity index (χ0) is 27.6. The fraction of sp³-hybridized carbons (Fsp3) is 0.0741. The first-order chi connectivity index (χ1) is 18.7. The Morgan fingerprint density at radius 3 is 2.59 bits per heavy atom. The SMILES string of the molecule is Cc1cccc(-c2ccc(Oc3cc(F)c(S(=O)(=O)Nc4nncs4)cc3Cl)c(-c3ccnc(CN)c3)c2)c1. The van der Waals surface area contributed by atoms with E-state index in [4.69, 9.17) is 22.1 Å². The van der Waals surface area contributed by atoms with Gasteiger partial charge in [-0.1, -0.05) is 58.8 Å². The Morgan fingerprint density at radius 1 is 1.03 bits per heavy atom. The van der Waals surface area contributed by atoms with Crippen LogP contribution < -0.4 is 15.2 Å². The van der Waals surface area contributed by atoms with Gasteiger partial charge in [-0.3, -0.25) is 9.71 Å². The largest absolute Gasteiger partial charge is 0.455 e. The maximum absolute atomic E-state index is 15.1. The van der Waals surface area contributed by atoms with E-state index in [0.717, 1.165) is 45.7 Å². The minimum atomic E-state index is -4.30. The third kappa shape index (κ3) is 5.91. The van der Waals surface area contributed by atoms with Crippen molar-refractivity contribution in [2.75, 3.05) is 4.72 Å². The van der Waals surface area contributed by atoms with E-state index in [1.807, 2.05) is 49.4 Å². The van der Waals surface area contributed by atoms with Crippen LogP contribution in [0.2, 0.25) is 5.02 Å². The number of benzene rings is 3. The van der Waals surface area contributed by atoms with Crippen LogP contribution in [0, 0.1) is 12.7 Å². The lowest BCUT2D eigenvalue weighted by atomic mass is 9.97. The Hall–Kier alpha value is -3.90. The lowest BCUT2D eigenvalue weighted by Gasteiger charge is -2.16. The molecule has 0 aliphatic carbocycles. The normalized spacial score (nSPS) is 11.4. The second-order valence-corrected chi connectivity index (χ2v) is 11.4. The molecule has 0 saturated carbocycles. The Labute approximate surface area is 233 Å². The zero-order valence-electron chi connectivity index (χ0n) is 20.4. The molecular formula is C27H21ClFN5O3S2. The van der Waals surface area contributed by atoms with E-state index in [2.05, 4.69) is 26.0 Å². The fourth-order valence-electron chi connectivity index (χ4n) is 3.91. The molecule has 0 aliphatic rings. The highest BCUT2D eigenvalue weighted by Crippen LogP contribution is 2.40. The molecular weight excluding hydrogens is 561 g/mol. The van der Waals surface area contributed by atoms with Gasteiger partial charge in [0, 0.05) is 24.4 Å². The number of halogens is 2. The number of ether oxygens (including phenoxy) is 1. The van der Waals surface area contributed by atoms with Gasteiger partial charge in [-0.25, -0.2) is 12.8 Å². The van der Waals surface area contributed by atoms with Crippen molar-refractivity contribution in [3.05, 3.63) is 101 Å². The molecule has 0 spiro atoms. The van der Waals surface area contributed by atoms with Crippen LogP contribution in [0.4, 0.5) is 9.52 Å². The van der Waals surface area contributed by atoms with Gasteiger partial charge in [-0.05, 0) is 53.9 Å². The molecule has 0 saturated heterocycles. The van der Waals surface area contributed by atoms with Crippen molar-refractivity contribution < 1.29 is 17.5 Å². The molecule has 5 aromatic rings. The number of nitrogens with one attached hydrogen (secondary N) is 1. The van der Waals surface area contributed by atoms with Crippen LogP contribution in [0.25, 0.3) is 22.3 Å². The summed E-state index contributed by atoms with van der Waals surface area (Å²) >= 11 is 7.35. The van der Waals surface area contributed by atoms with E-state index >= 15 is 4.39 Å². The molecule has 3 aromatic carbocycles. The first-order valence-corrected chi connectivity index (χ1v) is 14.3. The summed E-state index contributed by atoms with van der Waals surface area (Å²) in [7, 11) is -4.30. The number of hydrogen-bond donors (Lipinski definition) is 2. The van der Waals surface area contributed by atoms with Crippen molar-refractivity contribution in [2.24, 2.45) is 5.73 Å². The molecule has 2 heterocycles. The van der Waals surface area contributed by atoms with Crippen molar-refractivity contribution in [1.82, 2.24) is 15.2 Å². The van der Waals surface area contributed by atoms with Crippen LogP contribution in [0.5, 0.6) is 11.5 Å². The summed E-state index contributed by atoms with van der Waals surface area (Å²) in [6, 6.07) is 19.3. The molecule has 0 unspecified atom stereocenters. The number of nitrogens with two attached hydrogens (primary N) is 1. The van der Waals surface area contributed by atoms with Crippen LogP contribution in [0.3, 0.4) is 0 Å². The molecule has 8 nitrogen and oxygen atoms in total. The van der Waals surface area contributed by atoms with Crippen LogP contribution >= 0.6 is 22.9 Å². The number of anilines is 1. The highest BCUT2D eigenvalue weighted by atomic mass is 35.5. The monoisotopic (exact) mass is 581 g/mol. The van der Waals surface area contributed by atoms with Crippen LogP contribution in [0.15, 0.2) is 83.3 Å². The van der Waals surface area contributed by atoms with Crippen molar-refractivity contribution in [1.29, 1.82) is 0 Å². The lowest BCUT2D eigenvalue weighted by molar-refractivity contribution is 0.475. The molecule has 0 bridgehead atoms. The molecule has 5 rings (SSSR count). The van der Waals surface area contributed by atoms with E-state index in [-0.39, 0.29) is 22.4 Å². The minimum absolute atomic E-state index is 0.00149. The van der Waals surface area contributed by atoms with Crippen LogP contribution in [0.1, 0.15) is 11.3 Å². The first-order valence-electron chi connectivity index (χ1n) is 11.6. The van der Waals surface area contributed by atoms with Gasteiger partial charge in [0.2, 0.25) is 5.13 Å². The van der Waals surface area contributed by atoms with Gasteiger partial charge in [0.05, 0.1) is 10.7 Å². The number of pyridine rings is 1. The van der Waals surface area contributed by atoms with Crippen molar-refractivity contribution in [3.63, 3.8) is 0 Å². The smallest absolute Gasteiger partial charge is 0.266 e. The van der Waals surface area contributed by atoms with Gasteiger partial charge in [0.1, 0.15) is 27.7 Å². The molecule has 12 heteroatoms. The average Bonchev–Trinajstić information content (AvgIpc) is 3.43. The second-order valence-electron chi connectivity index (χ2n) is 8.48. The number of hydrogen-bond acceptors (Lipinski definition) is 8. The zero-order valence-corrected chi connectivity index (χ0v) is 22.8. The van der Waals surface area contributed by atoms with Crippen LogP contribution in [-0.4, -0.2) is 23.6 Å². The van der Waals surface area contributed by atoms with Gasteiger partial charge in [0.25, 0.3) is 10.0 Å². The Bertz CT molecular complexity index is 1770. The third-order valence-electron chi connectivity index (χ3n) is 5.75. The Balaban J connectivity index is 1.55. The molecule has 2 aromatic heterocycles. The van der Waals surface area contributed by atoms with Crippen molar-refractivity contribution >= 4 is 38.1 Å². The average molecular weight is 582 g/mol. The van der Waals surface area contributed by atoms with E-state index in [0.29, 0.717) is 17.0 Å². The van der Waals surface area contributed by atoms with Gasteiger partial charge in [-0.2, -0.15) is 0 Å². The fourth-order valence-corrected chi connectivity index (χ4v) is 5.95. The van der Waals surface area contributed by atoms with Gasteiger partial charge in [-0.15, -0.1) is 10.2 Å². The van der Waals surface area contributed by atoms with Gasteiger partial charge < -0.3 is 10.5 Å². The summed E-state index contributed by atoms with van der Waals surface area (Å²) in [5.74, 6) is -0.718. The predicted molar refractivity (Wildman–Crippen MR) is 150 cm³/mol. The highest BCUT2D eigenvalue weighted by molar-refractivity contribution is 7.93. The molecule has 39 heavy (non-hydrogen) atoms. The Kier molecular flexibility index (Phi) is 7.58. The first kappa shape index (κ1) is 26.7. The second kappa shape index (κ2) is 11.1. The van der Waals surface area contributed by atoms with Gasteiger partial charge >= 0.3 is 0 Å². The van der Waals surface area contributed by atoms with Crippen molar-refractivity contribution in [2.45, 2.75) is 18.4 Å². The lowest BCUT2D eigenvalue weighted by Crippen LogP contribution is -2.14. The summed E-state index contributed by atoms with van der Waals surface area (Å²) in [5.41, 5.74) is 12.4. The molecule has 0 atom stereocenters. The highest BCUT2D eigenvalue weighted by Gasteiger charge is 2.24. The topological polar surface area (TPSA) is 120 Å². The Morgan fingerprint density at radius 2 is 1.85 bits per heavy atom. The maximum Gasteiger partial charge on any atom is 0.266 e. The van der Waals surface area contributed by atoms with Crippen molar-refractivity contribution in [3.8, 4) is 33.8 Å². The number of aromatic nitrogens is 3. The number of aryl methyl sites for hydroxylation is 1. The van der Waals surface area contributed by atoms with E-state index in [1.165, 1.54) is 5.51 Å². The van der Waals surface area contributed by atoms with Crippen LogP contribution in [-0.2, 0) is 16.6 Å². The maximum atomic E-state index is 15.1. The minimum Gasteiger partial charge on any atom is -0.455 e. The number of rotatable bonds is 8. The summed E-state index contributed by atoms with van der Waals surface area (Å²) in [5, 5.41) is 7.09. The summed E-state index contributed by atoms with van der Waals surface area (Å²) in [6.45, 7) is 2.27. The summed E-state index contributed by atoms with van der Waals surface area (Å²) < 4.78 is 48.8. The molecule has 0 fully saturated rings. The molecule has 0 radical (unpaired) electrons. The van der Waals surface area contributed by atoms with E-state index in [9.17, 15) is 8.42 Å². The number of sulfonamides is 1. The van der Waals surface area contributed by atoms with E-state index < -0.39 is 20.7 Å². The standard InChI is InChI=1S/C27H21ClFN5O3S2/c1-16-3-2-4-17(9-16)18-5-6-24(21(11-18)19-7-8-31-20(10-19)14-30)37-25-13-23(29)26(12-22(25)28)39(35,36)34-27-33-32-15-38-27/h2-13,15H,14,30H2,1H3,(H,33,34). The summed E-state index contributed by atoms with van der Waals surface area (Å²) in [6.07, 6.45) is 1.65. The molecule has 0 aliphatic heterocycles. The molecule has 3 N–H and O–H groups in total. The molecule has 198 valence electrons. The predicted octanol–water partition coefficient (Wildman–Crippen LogP) is 6.42. The van der Waals surface area contributed by atoms with E-state index in [1.54, 1.807) is 12.3 Å². The quantitative estimate of drug-likeness (QED) is 0.217.